The Hall–Kier alpha value is -2.51. The van der Waals surface area contributed by atoms with Crippen molar-refractivity contribution in [3.05, 3.63) is 108 Å². The number of hydrogen-bond acceptors (Lipinski definition) is 0. The van der Waals surface area contributed by atoms with Crippen LogP contribution < -0.4 is 29.6 Å². The average Bonchev–Trinajstić information content (AvgIpc) is 2.78. The molecule has 4 aromatic rings. The van der Waals surface area contributed by atoms with Crippen LogP contribution in [0, 0.1) is 13.8 Å². The van der Waals surface area contributed by atoms with Gasteiger partial charge in [-0.3, -0.25) is 0 Å². The maximum absolute atomic E-state index is 3.04. The van der Waals surface area contributed by atoms with E-state index >= 15 is 0 Å². The van der Waals surface area contributed by atoms with Gasteiger partial charge in [-0.15, -0.1) is 0 Å². The summed E-state index contributed by atoms with van der Waals surface area (Å²) in [4.78, 5) is 0. The van der Waals surface area contributed by atoms with Gasteiger partial charge in [-0.2, -0.15) is 0 Å². The van der Waals surface area contributed by atoms with E-state index in [9.17, 15) is 0 Å². The number of fused-ring (bicyclic) bond motifs is 2. The number of hydrogen-bond donors (Lipinski definition) is 0. The van der Waals surface area contributed by atoms with Crippen molar-refractivity contribution in [2.75, 3.05) is 0 Å². The molecule has 1 aliphatic heterocycles. The van der Waals surface area contributed by atoms with Crippen LogP contribution in [0.3, 0.4) is 0 Å². The molecule has 1 aliphatic rings. The van der Waals surface area contributed by atoms with E-state index in [1.807, 2.05) is 0 Å². The molecular formula is C30H31BGe. The zero-order valence-electron chi connectivity index (χ0n) is 19.8. The summed E-state index contributed by atoms with van der Waals surface area (Å²) >= 11 is -3.04. The third-order valence-electron chi connectivity index (χ3n) is 7.51. The number of benzene rings is 4. The molecule has 0 N–H and O–H groups in total. The van der Waals surface area contributed by atoms with E-state index in [1.165, 1.54) is 27.5 Å². The summed E-state index contributed by atoms with van der Waals surface area (Å²) in [5, 5.41) is 0. The van der Waals surface area contributed by atoms with Gasteiger partial charge in [0.05, 0.1) is 0 Å². The van der Waals surface area contributed by atoms with Gasteiger partial charge in [0.1, 0.15) is 0 Å². The topological polar surface area (TPSA) is 0 Å². The fourth-order valence-electron chi connectivity index (χ4n) is 6.33. The molecule has 0 fully saturated rings. The van der Waals surface area contributed by atoms with E-state index < -0.39 is 13.3 Å². The Morgan fingerprint density at radius 2 is 1.03 bits per heavy atom. The predicted octanol–water partition coefficient (Wildman–Crippen LogP) is 3.40. The molecule has 2 heteroatoms. The first-order chi connectivity index (χ1) is 15.4. The van der Waals surface area contributed by atoms with Crippen LogP contribution in [0.1, 0.15) is 31.9 Å². The van der Waals surface area contributed by atoms with E-state index in [0.717, 1.165) is 0 Å². The molecule has 4 aromatic carbocycles. The molecule has 0 amide bonds. The molecule has 0 unspecified atom stereocenters. The second kappa shape index (κ2) is 7.81. The molecule has 0 radical (unpaired) electrons. The molecule has 0 spiro atoms. The molecule has 0 bridgehead atoms. The Morgan fingerprint density at radius 3 is 1.53 bits per heavy atom. The van der Waals surface area contributed by atoms with Crippen molar-refractivity contribution in [3.8, 4) is 0 Å². The quantitative estimate of drug-likeness (QED) is 0.391. The van der Waals surface area contributed by atoms with E-state index in [4.69, 9.17) is 0 Å². The summed E-state index contributed by atoms with van der Waals surface area (Å²) in [6.07, 6.45) is 0. The Labute approximate surface area is 196 Å². The molecule has 0 aliphatic carbocycles. The molecule has 5 rings (SSSR count). The maximum atomic E-state index is 2.48. The zero-order chi connectivity index (χ0) is 22.5. The van der Waals surface area contributed by atoms with Crippen molar-refractivity contribution < 1.29 is 0 Å². The van der Waals surface area contributed by atoms with Gasteiger partial charge in [0.25, 0.3) is 0 Å². The Morgan fingerprint density at radius 1 is 0.562 bits per heavy atom. The summed E-state index contributed by atoms with van der Waals surface area (Å²) in [6, 6.07) is 36.9. The van der Waals surface area contributed by atoms with Crippen LogP contribution in [0.2, 0.25) is 4.25 Å². The summed E-state index contributed by atoms with van der Waals surface area (Å²) in [5.74, 6) is 0. The molecule has 0 saturated carbocycles. The fraction of sp³-hybridized carbons (Fsp3) is 0.200. The Balaban J connectivity index is 1.96. The molecule has 0 nitrogen and oxygen atoms in total. The molecular weight excluding hydrogens is 444 g/mol. The second-order valence-electron chi connectivity index (χ2n) is 10.3. The summed E-state index contributed by atoms with van der Waals surface area (Å²) in [6.45, 7) is 12.3. The van der Waals surface area contributed by atoms with Crippen LogP contribution in [-0.2, 0) is 0 Å². The van der Waals surface area contributed by atoms with Gasteiger partial charge in [-0.25, -0.2) is 0 Å². The van der Waals surface area contributed by atoms with Crippen molar-refractivity contribution in [1.82, 2.24) is 0 Å². The van der Waals surface area contributed by atoms with Gasteiger partial charge >= 0.3 is 197 Å². The number of rotatable bonds is 2. The Bertz CT molecular complexity index is 1220. The molecule has 32 heavy (non-hydrogen) atoms. The third-order valence-corrected chi connectivity index (χ3v) is 20.1. The molecule has 1 heterocycles. The average molecular weight is 475 g/mol. The van der Waals surface area contributed by atoms with E-state index in [2.05, 4.69) is 132 Å². The van der Waals surface area contributed by atoms with Crippen LogP contribution in [0.4, 0.5) is 0 Å². The van der Waals surface area contributed by atoms with Crippen molar-refractivity contribution in [3.63, 3.8) is 0 Å². The molecule has 0 aromatic heterocycles. The van der Waals surface area contributed by atoms with Crippen LogP contribution in [-0.4, -0.2) is 20.0 Å². The van der Waals surface area contributed by atoms with Crippen LogP contribution in [0.15, 0.2) is 97.1 Å². The second-order valence-corrected chi connectivity index (χ2v) is 20.0. The standard InChI is InChI=1S/C30H31BGe/c1-22-14-13-15-23(2)29(22)31-25-18-9-11-20-27(25)32(30(3,4)5,24-16-7-6-8-17-24)28-21-12-10-19-26(28)31/h6-21H,1-5H3. The van der Waals surface area contributed by atoms with Crippen molar-refractivity contribution in [1.29, 1.82) is 0 Å². The van der Waals surface area contributed by atoms with Crippen LogP contribution >= 0.6 is 0 Å². The minimum absolute atomic E-state index is 0.166. The van der Waals surface area contributed by atoms with Crippen LogP contribution in [0.25, 0.3) is 0 Å². The monoisotopic (exact) mass is 476 g/mol. The molecule has 0 saturated heterocycles. The van der Waals surface area contributed by atoms with E-state index in [0.29, 0.717) is 0 Å². The van der Waals surface area contributed by atoms with Crippen molar-refractivity contribution in [2.24, 2.45) is 0 Å². The van der Waals surface area contributed by atoms with E-state index in [-0.39, 0.29) is 11.0 Å². The van der Waals surface area contributed by atoms with Gasteiger partial charge in [0.2, 0.25) is 0 Å². The van der Waals surface area contributed by atoms with E-state index in [1.54, 1.807) is 13.2 Å². The predicted molar refractivity (Wildman–Crippen MR) is 144 cm³/mol. The van der Waals surface area contributed by atoms with Crippen molar-refractivity contribution in [2.45, 2.75) is 38.9 Å². The Kier molecular flexibility index (Phi) is 5.21. The normalized spacial score (nSPS) is 14.6. The fourth-order valence-corrected chi connectivity index (χ4v) is 19.1. The van der Waals surface area contributed by atoms with Gasteiger partial charge in [0.15, 0.2) is 0 Å². The van der Waals surface area contributed by atoms with Gasteiger partial charge in [0, 0.05) is 0 Å². The molecule has 158 valence electrons. The first kappa shape index (κ1) is 21.3. The van der Waals surface area contributed by atoms with Gasteiger partial charge in [-0.05, 0) is 0 Å². The third kappa shape index (κ3) is 2.98. The number of aryl methyl sites for hydroxylation is 2. The first-order valence-corrected chi connectivity index (χ1v) is 15.9. The first-order valence-electron chi connectivity index (χ1n) is 11.7. The van der Waals surface area contributed by atoms with Gasteiger partial charge < -0.3 is 0 Å². The zero-order valence-corrected chi connectivity index (χ0v) is 21.9. The van der Waals surface area contributed by atoms with Crippen molar-refractivity contribution >= 4 is 49.6 Å². The summed E-state index contributed by atoms with van der Waals surface area (Å²) in [7, 11) is 0. The summed E-state index contributed by atoms with van der Waals surface area (Å²) in [5.41, 5.74) is 7.28. The van der Waals surface area contributed by atoms with Crippen LogP contribution in [0.5, 0.6) is 0 Å². The summed E-state index contributed by atoms with van der Waals surface area (Å²) < 4.78 is 4.97. The minimum atomic E-state index is -3.04. The SMILES string of the molecule is Cc1cccc(C)c1B1c2cccc[c]2[Ge]([c]2ccccc2)([C](C)(C)C)[c]2ccccc21. The van der Waals surface area contributed by atoms with Gasteiger partial charge in [-0.1, -0.05) is 0 Å². The molecule has 0 atom stereocenters.